The van der Waals surface area contributed by atoms with Gasteiger partial charge in [-0.15, -0.1) is 0 Å². The maximum absolute atomic E-state index is 12.5. The summed E-state index contributed by atoms with van der Waals surface area (Å²) in [5.41, 5.74) is 7.80. The molecule has 0 aliphatic carbocycles. The molecule has 1 aliphatic heterocycles. The van der Waals surface area contributed by atoms with Gasteiger partial charge >= 0.3 is 0 Å². The van der Waals surface area contributed by atoms with Crippen molar-refractivity contribution in [1.82, 2.24) is 9.80 Å². The van der Waals surface area contributed by atoms with E-state index in [2.05, 4.69) is 4.90 Å². The van der Waals surface area contributed by atoms with Crippen LogP contribution in [-0.4, -0.2) is 62.1 Å². The van der Waals surface area contributed by atoms with Gasteiger partial charge in [0, 0.05) is 45.4 Å². The summed E-state index contributed by atoms with van der Waals surface area (Å²) in [5.74, 6) is 0.0198. The Balaban J connectivity index is 1.99. The number of anilines is 1. The fraction of sp³-hybridized carbons (Fsp3) is 0.533. The van der Waals surface area contributed by atoms with E-state index in [-0.39, 0.29) is 5.91 Å². The van der Waals surface area contributed by atoms with Crippen LogP contribution in [0.5, 0.6) is 0 Å². The van der Waals surface area contributed by atoms with Crippen LogP contribution in [0.4, 0.5) is 5.69 Å². The molecule has 0 atom stereocenters. The number of rotatable bonds is 4. The molecule has 21 heavy (non-hydrogen) atoms. The zero-order valence-electron chi connectivity index (χ0n) is 12.6. The third-order valence-corrected chi connectivity index (χ3v) is 4.17. The highest BCUT2D eigenvalue weighted by Crippen LogP contribution is 2.25. The van der Waals surface area contributed by atoms with Crippen molar-refractivity contribution in [1.29, 1.82) is 0 Å². The van der Waals surface area contributed by atoms with Gasteiger partial charge in [0.1, 0.15) is 0 Å². The smallest absolute Gasteiger partial charge is 0.254 e. The van der Waals surface area contributed by atoms with Crippen molar-refractivity contribution in [2.75, 3.05) is 52.2 Å². The number of nitrogens with two attached hydrogens (primary N) is 1. The van der Waals surface area contributed by atoms with E-state index in [9.17, 15) is 4.79 Å². The van der Waals surface area contributed by atoms with E-state index in [1.54, 1.807) is 19.2 Å². The van der Waals surface area contributed by atoms with Crippen molar-refractivity contribution < 1.29 is 9.53 Å². The fourth-order valence-corrected chi connectivity index (χ4v) is 2.72. The van der Waals surface area contributed by atoms with Crippen molar-refractivity contribution in [2.24, 2.45) is 0 Å². The van der Waals surface area contributed by atoms with Crippen LogP contribution in [-0.2, 0) is 4.74 Å². The number of nitrogen functional groups attached to an aromatic ring is 1. The van der Waals surface area contributed by atoms with Crippen LogP contribution in [0.3, 0.4) is 0 Å². The first kappa shape index (κ1) is 16.1. The molecule has 6 heteroatoms. The Morgan fingerprint density at radius 2 is 2.00 bits per heavy atom. The average Bonchev–Trinajstić information content (AvgIpc) is 2.50. The lowest BCUT2D eigenvalue weighted by atomic mass is 10.1. The Kier molecular flexibility index (Phi) is 5.45. The first-order chi connectivity index (χ1) is 10.0. The molecule has 1 aromatic carbocycles. The molecule has 1 aromatic rings. The zero-order chi connectivity index (χ0) is 15.4. The molecule has 1 heterocycles. The summed E-state index contributed by atoms with van der Waals surface area (Å²) < 4.78 is 5.08. The Bertz CT molecular complexity index is 491. The highest BCUT2D eigenvalue weighted by molar-refractivity contribution is 6.33. The predicted octanol–water partition coefficient (Wildman–Crippen LogP) is 1.63. The first-order valence-corrected chi connectivity index (χ1v) is 7.47. The Hall–Kier alpha value is -1.30. The normalized spacial score (nSPS) is 16.2. The molecule has 1 saturated heterocycles. The highest BCUT2D eigenvalue weighted by Gasteiger charge is 2.22. The number of hydrogen-bond donors (Lipinski definition) is 1. The van der Waals surface area contributed by atoms with Crippen molar-refractivity contribution in [3.05, 3.63) is 28.3 Å². The lowest BCUT2D eigenvalue weighted by molar-refractivity contribution is 0.0594. The third-order valence-electron chi connectivity index (χ3n) is 3.85. The molecule has 0 radical (unpaired) electrons. The quantitative estimate of drug-likeness (QED) is 0.859. The maximum Gasteiger partial charge on any atom is 0.254 e. The first-order valence-electron chi connectivity index (χ1n) is 7.09. The van der Waals surface area contributed by atoms with E-state index >= 15 is 0 Å². The van der Waals surface area contributed by atoms with E-state index < -0.39 is 0 Å². The summed E-state index contributed by atoms with van der Waals surface area (Å²) in [7, 11) is 1.70. The molecule has 0 aromatic heterocycles. The van der Waals surface area contributed by atoms with E-state index in [1.165, 1.54) is 0 Å². The number of aryl methyl sites for hydroxylation is 1. The lowest BCUT2D eigenvalue weighted by Gasteiger charge is -2.34. The topological polar surface area (TPSA) is 58.8 Å². The summed E-state index contributed by atoms with van der Waals surface area (Å²) in [4.78, 5) is 16.7. The summed E-state index contributed by atoms with van der Waals surface area (Å²) in [5, 5.41) is 0.442. The minimum absolute atomic E-state index is 0.0198. The number of halogens is 1. The van der Waals surface area contributed by atoms with Crippen LogP contribution in [0.2, 0.25) is 5.02 Å². The van der Waals surface area contributed by atoms with Gasteiger partial charge in [-0.1, -0.05) is 11.6 Å². The zero-order valence-corrected chi connectivity index (χ0v) is 13.3. The second-order valence-corrected chi connectivity index (χ2v) is 5.72. The van der Waals surface area contributed by atoms with Gasteiger partial charge in [0.05, 0.1) is 17.3 Å². The molecular weight excluding hydrogens is 290 g/mol. The van der Waals surface area contributed by atoms with Crippen LogP contribution in [0, 0.1) is 6.92 Å². The molecule has 0 spiro atoms. The largest absolute Gasteiger partial charge is 0.397 e. The molecule has 5 nitrogen and oxygen atoms in total. The van der Waals surface area contributed by atoms with Crippen molar-refractivity contribution in [3.63, 3.8) is 0 Å². The monoisotopic (exact) mass is 311 g/mol. The second-order valence-electron chi connectivity index (χ2n) is 5.32. The molecular formula is C15H22ClN3O2. The number of methoxy groups -OCH3 is 1. The molecule has 0 bridgehead atoms. The van der Waals surface area contributed by atoms with Gasteiger partial charge < -0.3 is 15.4 Å². The summed E-state index contributed by atoms with van der Waals surface area (Å²) in [6.07, 6.45) is 0. The van der Waals surface area contributed by atoms with Crippen molar-refractivity contribution in [3.8, 4) is 0 Å². The number of benzene rings is 1. The summed E-state index contributed by atoms with van der Waals surface area (Å²) in [6.45, 7) is 6.69. The van der Waals surface area contributed by atoms with Gasteiger partial charge in [-0.3, -0.25) is 9.69 Å². The summed E-state index contributed by atoms with van der Waals surface area (Å²) in [6, 6.07) is 3.46. The van der Waals surface area contributed by atoms with Gasteiger partial charge in [0.2, 0.25) is 0 Å². The lowest BCUT2D eigenvalue weighted by Crippen LogP contribution is -2.49. The molecule has 2 rings (SSSR count). The van der Waals surface area contributed by atoms with Crippen LogP contribution in [0.15, 0.2) is 12.1 Å². The number of carbonyl (C=O) groups is 1. The molecule has 2 N–H and O–H groups in total. The standard InChI is InChI=1S/C15H22ClN3O2/c1-11-9-12(10-13(16)14(11)17)15(20)19-5-3-18(4-6-19)7-8-21-2/h9-10H,3-8,17H2,1-2H3. The fourth-order valence-electron chi connectivity index (χ4n) is 2.46. The third kappa shape index (κ3) is 3.87. The minimum Gasteiger partial charge on any atom is -0.397 e. The molecule has 0 unspecified atom stereocenters. The second kappa shape index (κ2) is 7.11. The number of hydrogen-bond acceptors (Lipinski definition) is 4. The molecule has 1 fully saturated rings. The Morgan fingerprint density at radius 3 is 2.57 bits per heavy atom. The van der Waals surface area contributed by atoms with Gasteiger partial charge in [-0.2, -0.15) is 0 Å². The highest BCUT2D eigenvalue weighted by atomic mass is 35.5. The Labute approximate surface area is 130 Å². The van der Waals surface area contributed by atoms with E-state index in [0.29, 0.717) is 16.3 Å². The Morgan fingerprint density at radius 1 is 1.33 bits per heavy atom. The number of piperazine rings is 1. The van der Waals surface area contributed by atoms with E-state index in [0.717, 1.165) is 44.9 Å². The van der Waals surface area contributed by atoms with Crippen molar-refractivity contribution >= 4 is 23.2 Å². The van der Waals surface area contributed by atoms with E-state index in [4.69, 9.17) is 22.1 Å². The molecule has 1 amide bonds. The number of amides is 1. The van der Waals surface area contributed by atoms with Gasteiger partial charge in [-0.05, 0) is 24.6 Å². The number of carbonyl (C=O) groups excluding carboxylic acids is 1. The minimum atomic E-state index is 0.0198. The number of nitrogens with zero attached hydrogens (tertiary/aromatic N) is 2. The molecule has 116 valence electrons. The van der Waals surface area contributed by atoms with Crippen LogP contribution in [0.1, 0.15) is 15.9 Å². The van der Waals surface area contributed by atoms with Crippen LogP contribution < -0.4 is 5.73 Å². The van der Waals surface area contributed by atoms with Crippen LogP contribution >= 0.6 is 11.6 Å². The van der Waals surface area contributed by atoms with Gasteiger partial charge in [-0.25, -0.2) is 0 Å². The number of ether oxygens (including phenoxy) is 1. The summed E-state index contributed by atoms with van der Waals surface area (Å²) >= 11 is 6.06. The van der Waals surface area contributed by atoms with Crippen molar-refractivity contribution in [2.45, 2.75) is 6.92 Å². The SMILES string of the molecule is COCCN1CCN(C(=O)c2cc(C)c(N)c(Cl)c2)CC1. The van der Waals surface area contributed by atoms with Crippen LogP contribution in [0.25, 0.3) is 0 Å². The predicted molar refractivity (Wildman–Crippen MR) is 84.8 cm³/mol. The van der Waals surface area contributed by atoms with E-state index in [1.807, 2.05) is 11.8 Å². The maximum atomic E-state index is 12.5. The van der Waals surface area contributed by atoms with Gasteiger partial charge in [0.15, 0.2) is 0 Å². The average molecular weight is 312 g/mol. The molecule has 0 saturated carbocycles. The van der Waals surface area contributed by atoms with Gasteiger partial charge in [0.25, 0.3) is 5.91 Å². The molecule has 1 aliphatic rings.